The predicted molar refractivity (Wildman–Crippen MR) is 130 cm³/mol. The van der Waals surface area contributed by atoms with Crippen molar-refractivity contribution >= 4 is 45.6 Å². The molecule has 2 aliphatic rings. The van der Waals surface area contributed by atoms with E-state index in [0.29, 0.717) is 24.3 Å². The number of rotatable bonds is 7. The van der Waals surface area contributed by atoms with Crippen molar-refractivity contribution < 1.29 is 23.2 Å². The van der Waals surface area contributed by atoms with Crippen molar-refractivity contribution in [3.05, 3.63) is 58.8 Å². The van der Waals surface area contributed by atoms with Crippen LogP contribution in [0.1, 0.15) is 39.8 Å². The van der Waals surface area contributed by atoms with Crippen molar-refractivity contribution in [1.82, 2.24) is 15.2 Å². The smallest absolute Gasteiger partial charge is 0.251 e. The number of hydrogen-bond donors (Lipinski definition) is 3. The number of nitrogen functional groups attached to an aromatic ring is 1. The standard InChI is InChI=1S/C24H25F2N5O3S/c1-13(32)31-11-3-4-16(31)12-28-23(34)14-7-9-15(10-8-14)29-24-30-22(27)21(35-24)20(33)19-17(25)5-2-6-18(19)26/h2,5-10,16-17,19H,3-4,11-12,27H2,1H3,(H,28,34)(H,29,30)/t16-,17?,19?/m0/s1. The molecule has 0 radical (unpaired) electrons. The van der Waals surface area contributed by atoms with Crippen molar-refractivity contribution in [2.75, 3.05) is 24.1 Å². The first kappa shape index (κ1) is 24.5. The average Bonchev–Trinajstić information content (AvgIpc) is 3.44. The van der Waals surface area contributed by atoms with Crippen LogP contribution in [-0.2, 0) is 4.79 Å². The zero-order chi connectivity index (χ0) is 25.1. The molecule has 8 nitrogen and oxygen atoms in total. The molecule has 35 heavy (non-hydrogen) atoms. The number of carbonyl (C=O) groups is 3. The van der Waals surface area contributed by atoms with E-state index >= 15 is 0 Å². The lowest BCUT2D eigenvalue weighted by molar-refractivity contribution is -0.129. The van der Waals surface area contributed by atoms with Crippen LogP contribution in [0.2, 0.25) is 0 Å². The highest BCUT2D eigenvalue weighted by atomic mass is 32.1. The highest BCUT2D eigenvalue weighted by Crippen LogP contribution is 2.34. The second kappa shape index (κ2) is 10.3. The van der Waals surface area contributed by atoms with Gasteiger partial charge in [-0.15, -0.1) is 0 Å². The quantitative estimate of drug-likeness (QED) is 0.497. The molecule has 184 valence electrons. The molecular weight excluding hydrogens is 476 g/mol. The van der Waals surface area contributed by atoms with Crippen LogP contribution < -0.4 is 16.4 Å². The van der Waals surface area contributed by atoms with Gasteiger partial charge in [0.15, 0.2) is 10.9 Å². The summed E-state index contributed by atoms with van der Waals surface area (Å²) < 4.78 is 28.2. The van der Waals surface area contributed by atoms with E-state index in [1.165, 1.54) is 13.0 Å². The normalized spacial score (nSPS) is 21.5. The summed E-state index contributed by atoms with van der Waals surface area (Å²) in [5, 5.41) is 6.14. The first-order chi connectivity index (χ1) is 16.7. The van der Waals surface area contributed by atoms with Gasteiger partial charge in [0.2, 0.25) is 5.91 Å². The van der Waals surface area contributed by atoms with Crippen LogP contribution in [0.3, 0.4) is 0 Å². The number of amides is 2. The molecule has 0 spiro atoms. The number of benzene rings is 1. The van der Waals surface area contributed by atoms with Gasteiger partial charge in [0.1, 0.15) is 28.6 Å². The molecule has 11 heteroatoms. The van der Waals surface area contributed by atoms with Crippen LogP contribution in [0.25, 0.3) is 0 Å². The summed E-state index contributed by atoms with van der Waals surface area (Å²) in [5.74, 6) is -3.55. The molecule has 1 aliphatic carbocycles. The number of aromatic nitrogens is 1. The lowest BCUT2D eigenvalue weighted by atomic mass is 9.92. The molecule has 0 bridgehead atoms. The second-order valence-electron chi connectivity index (χ2n) is 8.38. The van der Waals surface area contributed by atoms with E-state index in [2.05, 4.69) is 15.6 Å². The third-order valence-corrected chi connectivity index (χ3v) is 7.00. The minimum Gasteiger partial charge on any atom is -0.382 e. The molecule has 2 aromatic rings. The Bertz CT molecular complexity index is 1190. The van der Waals surface area contributed by atoms with Crippen molar-refractivity contribution in [3.8, 4) is 0 Å². The number of hydrogen-bond acceptors (Lipinski definition) is 7. The second-order valence-corrected chi connectivity index (χ2v) is 9.38. The van der Waals surface area contributed by atoms with Crippen molar-refractivity contribution in [1.29, 1.82) is 0 Å². The summed E-state index contributed by atoms with van der Waals surface area (Å²) in [7, 11) is 0. The van der Waals surface area contributed by atoms with Gasteiger partial charge in [-0.05, 0) is 49.3 Å². The van der Waals surface area contributed by atoms with E-state index in [1.54, 1.807) is 29.2 Å². The maximum Gasteiger partial charge on any atom is 0.251 e. The lowest BCUT2D eigenvalue weighted by Crippen LogP contribution is -2.42. The number of nitrogens with two attached hydrogens (primary N) is 1. The van der Waals surface area contributed by atoms with Gasteiger partial charge in [-0.1, -0.05) is 17.4 Å². The Morgan fingerprint density at radius 2 is 2.00 bits per heavy atom. The van der Waals surface area contributed by atoms with Crippen LogP contribution in [0.4, 0.5) is 25.4 Å². The summed E-state index contributed by atoms with van der Waals surface area (Å²) in [5.41, 5.74) is 6.88. The summed E-state index contributed by atoms with van der Waals surface area (Å²) >= 11 is 0.902. The molecule has 4 rings (SSSR count). The molecule has 2 unspecified atom stereocenters. The Hall–Kier alpha value is -3.60. The number of nitrogens with one attached hydrogen (secondary N) is 2. The van der Waals surface area contributed by atoms with Gasteiger partial charge >= 0.3 is 0 Å². The number of likely N-dealkylation sites (tertiary alicyclic amines) is 1. The van der Waals surface area contributed by atoms with Gasteiger partial charge in [0, 0.05) is 37.3 Å². The van der Waals surface area contributed by atoms with Crippen LogP contribution in [0.5, 0.6) is 0 Å². The van der Waals surface area contributed by atoms with E-state index in [9.17, 15) is 23.2 Å². The van der Waals surface area contributed by atoms with Gasteiger partial charge < -0.3 is 21.3 Å². The Labute approximate surface area is 204 Å². The Morgan fingerprint density at radius 3 is 2.69 bits per heavy atom. The molecule has 1 aromatic carbocycles. The first-order valence-electron chi connectivity index (χ1n) is 11.2. The van der Waals surface area contributed by atoms with Crippen LogP contribution >= 0.6 is 11.3 Å². The number of ketones is 1. The van der Waals surface area contributed by atoms with Gasteiger partial charge in [0.25, 0.3) is 5.91 Å². The molecule has 3 atom stereocenters. The van der Waals surface area contributed by atoms with Gasteiger partial charge in [-0.25, -0.2) is 13.8 Å². The molecular formula is C24H25F2N5O3S. The maximum atomic E-state index is 14.1. The third kappa shape index (κ3) is 5.40. The number of Topliss-reactive ketones (excluding diaryl/α,β-unsaturated/α-hetero) is 1. The van der Waals surface area contributed by atoms with E-state index in [0.717, 1.165) is 36.3 Å². The summed E-state index contributed by atoms with van der Waals surface area (Å²) in [6.07, 6.45) is 3.41. The molecule has 2 amide bonds. The zero-order valence-electron chi connectivity index (χ0n) is 19.0. The number of nitrogens with zero attached hydrogens (tertiary/aromatic N) is 2. The fourth-order valence-electron chi connectivity index (χ4n) is 4.20. The van der Waals surface area contributed by atoms with E-state index in [1.807, 2.05) is 0 Å². The summed E-state index contributed by atoms with van der Waals surface area (Å²) in [6, 6.07) is 6.58. The van der Waals surface area contributed by atoms with E-state index < -0.39 is 23.7 Å². The molecule has 1 fully saturated rings. The molecule has 1 aromatic heterocycles. The number of thiazole rings is 1. The monoisotopic (exact) mass is 501 g/mol. The summed E-state index contributed by atoms with van der Waals surface area (Å²) in [4.78, 5) is 42.7. The first-order valence-corrected chi connectivity index (χ1v) is 12.0. The molecule has 0 saturated carbocycles. The number of carbonyl (C=O) groups excluding carboxylic acids is 3. The van der Waals surface area contributed by atoms with Crippen molar-refractivity contribution in [3.63, 3.8) is 0 Å². The summed E-state index contributed by atoms with van der Waals surface area (Å²) in [6.45, 7) is 2.63. The topological polar surface area (TPSA) is 117 Å². The average molecular weight is 502 g/mol. The van der Waals surface area contributed by atoms with Gasteiger partial charge in [-0.2, -0.15) is 0 Å². The third-order valence-electron chi connectivity index (χ3n) is 6.00. The van der Waals surface area contributed by atoms with Crippen LogP contribution in [-0.4, -0.2) is 52.8 Å². The number of anilines is 3. The van der Waals surface area contributed by atoms with Gasteiger partial charge in [-0.3, -0.25) is 14.4 Å². The molecule has 4 N–H and O–H groups in total. The Kier molecular flexibility index (Phi) is 7.25. The van der Waals surface area contributed by atoms with Crippen molar-refractivity contribution in [2.45, 2.75) is 32.0 Å². The molecule has 1 aliphatic heterocycles. The fraction of sp³-hybridized carbons (Fsp3) is 0.333. The number of allylic oxidation sites excluding steroid dienone is 4. The largest absolute Gasteiger partial charge is 0.382 e. The Morgan fingerprint density at radius 1 is 1.26 bits per heavy atom. The number of halogens is 2. The van der Waals surface area contributed by atoms with E-state index in [4.69, 9.17) is 5.73 Å². The zero-order valence-corrected chi connectivity index (χ0v) is 19.8. The fourth-order valence-corrected chi connectivity index (χ4v) is 5.08. The number of alkyl halides is 1. The predicted octanol–water partition coefficient (Wildman–Crippen LogP) is 3.77. The maximum absolute atomic E-state index is 14.1. The Balaban J connectivity index is 1.37. The highest BCUT2D eigenvalue weighted by molar-refractivity contribution is 7.18. The van der Waals surface area contributed by atoms with Gasteiger partial charge in [0.05, 0.1) is 0 Å². The lowest BCUT2D eigenvalue weighted by Gasteiger charge is -2.23. The SMILES string of the molecule is CC(=O)N1CCC[C@H]1CNC(=O)c1ccc(Nc2nc(N)c(C(=O)C3C(F)=CC=CC3F)s2)cc1. The van der Waals surface area contributed by atoms with Crippen LogP contribution in [0, 0.1) is 5.92 Å². The van der Waals surface area contributed by atoms with E-state index in [-0.39, 0.29) is 33.7 Å². The minimum atomic E-state index is -1.77. The van der Waals surface area contributed by atoms with Crippen molar-refractivity contribution in [2.24, 2.45) is 5.92 Å². The minimum absolute atomic E-state index is 0.00549. The molecule has 2 heterocycles. The molecule has 1 saturated heterocycles. The highest BCUT2D eigenvalue weighted by Gasteiger charge is 2.35. The van der Waals surface area contributed by atoms with Crippen LogP contribution in [0.15, 0.2) is 48.3 Å².